The van der Waals surface area contributed by atoms with Gasteiger partial charge in [0.15, 0.2) is 0 Å². The molecular formula is C8H13N5. The van der Waals surface area contributed by atoms with E-state index in [1.165, 1.54) is 6.33 Å². The van der Waals surface area contributed by atoms with Crippen molar-refractivity contribution in [2.45, 2.75) is 6.42 Å². The number of nitrogens with one attached hydrogen (secondary N) is 1. The molecule has 0 fully saturated rings. The minimum absolute atomic E-state index is 0.195. The molecule has 0 saturated carbocycles. The van der Waals surface area contributed by atoms with Gasteiger partial charge in [-0.15, -0.1) is 0 Å². The van der Waals surface area contributed by atoms with Crippen LogP contribution in [0, 0.1) is 5.41 Å². The van der Waals surface area contributed by atoms with Crippen LogP contribution in [0.25, 0.3) is 0 Å². The summed E-state index contributed by atoms with van der Waals surface area (Å²) in [6.07, 6.45) is 3.74. The molecule has 0 unspecified atom stereocenters. The summed E-state index contributed by atoms with van der Waals surface area (Å²) in [5, 5.41) is 7.07. The summed E-state index contributed by atoms with van der Waals surface area (Å²) in [4.78, 5) is 9.81. The van der Waals surface area contributed by atoms with Gasteiger partial charge in [-0.2, -0.15) is 0 Å². The number of nitrogens with zero attached hydrogens (tertiary/aromatic N) is 3. The van der Waals surface area contributed by atoms with Gasteiger partial charge in [0.2, 0.25) is 0 Å². The van der Waals surface area contributed by atoms with Gasteiger partial charge >= 0.3 is 0 Å². The minimum Gasteiger partial charge on any atom is -0.388 e. The summed E-state index contributed by atoms with van der Waals surface area (Å²) in [5.74, 6) is 1.04. The molecule has 0 atom stereocenters. The molecular weight excluding hydrogens is 166 g/mol. The maximum absolute atomic E-state index is 7.07. The fraction of sp³-hybridized carbons (Fsp3) is 0.375. The van der Waals surface area contributed by atoms with Crippen LogP contribution >= 0.6 is 0 Å². The van der Waals surface area contributed by atoms with E-state index in [4.69, 9.17) is 11.1 Å². The van der Waals surface area contributed by atoms with Crippen LogP contribution in [-0.4, -0.2) is 29.4 Å². The van der Waals surface area contributed by atoms with Crippen molar-refractivity contribution in [3.63, 3.8) is 0 Å². The number of hydrogen-bond donors (Lipinski definition) is 2. The highest BCUT2D eigenvalue weighted by atomic mass is 15.2. The van der Waals surface area contributed by atoms with E-state index in [1.807, 2.05) is 18.0 Å². The highest BCUT2D eigenvalue weighted by molar-refractivity contribution is 5.77. The molecule has 0 aromatic carbocycles. The Morgan fingerprint density at radius 3 is 3.00 bits per heavy atom. The summed E-state index contributed by atoms with van der Waals surface area (Å²) in [6.45, 7) is 0.701. The van der Waals surface area contributed by atoms with Crippen LogP contribution in [0.5, 0.6) is 0 Å². The Morgan fingerprint density at radius 1 is 1.69 bits per heavy atom. The van der Waals surface area contributed by atoms with E-state index in [-0.39, 0.29) is 5.84 Å². The predicted molar refractivity (Wildman–Crippen MR) is 51.8 cm³/mol. The molecule has 1 aromatic rings. The predicted octanol–water partition coefficient (Wildman–Crippen LogP) is 0.239. The maximum Gasteiger partial charge on any atom is 0.131 e. The van der Waals surface area contributed by atoms with Gasteiger partial charge < -0.3 is 10.6 Å². The van der Waals surface area contributed by atoms with Crippen molar-refractivity contribution in [3.05, 3.63) is 18.6 Å². The van der Waals surface area contributed by atoms with Crippen molar-refractivity contribution in [2.24, 2.45) is 5.73 Å². The van der Waals surface area contributed by atoms with Gasteiger partial charge in [-0.1, -0.05) is 0 Å². The van der Waals surface area contributed by atoms with E-state index in [2.05, 4.69) is 9.97 Å². The van der Waals surface area contributed by atoms with Gasteiger partial charge in [-0.3, -0.25) is 5.41 Å². The molecule has 70 valence electrons. The summed E-state index contributed by atoms with van der Waals surface area (Å²) >= 11 is 0. The zero-order valence-corrected chi connectivity index (χ0v) is 7.57. The SMILES string of the molecule is CN(CCC(=N)N)c1ccncn1. The van der Waals surface area contributed by atoms with Gasteiger partial charge in [0.25, 0.3) is 0 Å². The van der Waals surface area contributed by atoms with E-state index < -0.39 is 0 Å². The largest absolute Gasteiger partial charge is 0.388 e. The molecule has 1 heterocycles. The number of amidine groups is 1. The molecule has 1 rings (SSSR count). The lowest BCUT2D eigenvalue weighted by atomic mass is 10.3. The summed E-state index contributed by atoms with van der Waals surface area (Å²) in [7, 11) is 1.91. The van der Waals surface area contributed by atoms with E-state index in [0.717, 1.165) is 5.82 Å². The third-order valence-electron chi connectivity index (χ3n) is 1.67. The first-order valence-electron chi connectivity index (χ1n) is 4.00. The molecule has 3 N–H and O–H groups in total. The van der Waals surface area contributed by atoms with Gasteiger partial charge in [0.05, 0.1) is 5.84 Å². The van der Waals surface area contributed by atoms with Crippen LogP contribution in [0.4, 0.5) is 5.82 Å². The van der Waals surface area contributed by atoms with Gasteiger partial charge in [-0.25, -0.2) is 9.97 Å². The first kappa shape index (κ1) is 9.44. The summed E-state index contributed by atoms with van der Waals surface area (Å²) < 4.78 is 0. The molecule has 0 aliphatic rings. The van der Waals surface area contributed by atoms with E-state index in [9.17, 15) is 0 Å². The fourth-order valence-corrected chi connectivity index (χ4v) is 0.912. The Bertz CT molecular complexity index is 271. The lowest BCUT2D eigenvalue weighted by molar-refractivity contribution is 0.884. The first-order chi connectivity index (χ1) is 6.20. The Balaban J connectivity index is 2.49. The Morgan fingerprint density at radius 2 is 2.46 bits per heavy atom. The summed E-state index contributed by atoms with van der Waals surface area (Å²) in [5.41, 5.74) is 5.24. The standard InChI is InChI=1S/C8H13N5/c1-13(5-3-7(9)10)8-2-4-11-6-12-8/h2,4,6H,3,5H2,1H3,(H3,9,10). The zero-order valence-electron chi connectivity index (χ0n) is 7.57. The number of hydrogen-bond acceptors (Lipinski definition) is 4. The first-order valence-corrected chi connectivity index (χ1v) is 4.00. The number of anilines is 1. The maximum atomic E-state index is 7.07. The minimum atomic E-state index is 0.195. The van der Waals surface area contributed by atoms with Crippen molar-refractivity contribution in [3.8, 4) is 0 Å². The molecule has 1 aromatic heterocycles. The Labute approximate surface area is 77.1 Å². The lowest BCUT2D eigenvalue weighted by Gasteiger charge is -2.16. The van der Waals surface area contributed by atoms with Gasteiger partial charge in [-0.05, 0) is 6.07 Å². The van der Waals surface area contributed by atoms with Crippen molar-refractivity contribution < 1.29 is 0 Å². The third kappa shape index (κ3) is 3.06. The molecule has 0 saturated heterocycles. The van der Waals surface area contributed by atoms with E-state index in [1.54, 1.807) is 6.20 Å². The molecule has 0 amide bonds. The average molecular weight is 179 g/mol. The monoisotopic (exact) mass is 179 g/mol. The normalized spacial score (nSPS) is 9.62. The molecule has 13 heavy (non-hydrogen) atoms. The van der Waals surface area contributed by atoms with Crippen LogP contribution in [0.15, 0.2) is 18.6 Å². The second-order valence-corrected chi connectivity index (χ2v) is 2.76. The third-order valence-corrected chi connectivity index (χ3v) is 1.67. The van der Waals surface area contributed by atoms with Crippen LogP contribution in [-0.2, 0) is 0 Å². The number of nitrogens with two attached hydrogens (primary N) is 1. The molecule has 0 aliphatic carbocycles. The molecule has 5 nitrogen and oxygen atoms in total. The van der Waals surface area contributed by atoms with Gasteiger partial charge in [0.1, 0.15) is 12.1 Å². The smallest absolute Gasteiger partial charge is 0.131 e. The van der Waals surface area contributed by atoms with Crippen LogP contribution in [0.1, 0.15) is 6.42 Å². The van der Waals surface area contributed by atoms with Crippen LogP contribution in [0.2, 0.25) is 0 Å². The second kappa shape index (κ2) is 4.39. The topological polar surface area (TPSA) is 78.9 Å². The zero-order chi connectivity index (χ0) is 9.68. The van der Waals surface area contributed by atoms with Crippen molar-refractivity contribution in [2.75, 3.05) is 18.5 Å². The average Bonchev–Trinajstić information content (AvgIpc) is 2.15. The van der Waals surface area contributed by atoms with Gasteiger partial charge in [0, 0.05) is 26.2 Å². The van der Waals surface area contributed by atoms with Crippen molar-refractivity contribution in [1.29, 1.82) is 5.41 Å². The molecule has 5 heteroatoms. The molecule has 0 aliphatic heterocycles. The van der Waals surface area contributed by atoms with E-state index in [0.29, 0.717) is 13.0 Å². The number of aromatic nitrogens is 2. The highest BCUT2D eigenvalue weighted by Crippen LogP contribution is 2.04. The Hall–Kier alpha value is -1.65. The van der Waals surface area contributed by atoms with Crippen molar-refractivity contribution in [1.82, 2.24) is 9.97 Å². The summed E-state index contributed by atoms with van der Waals surface area (Å²) in [6, 6.07) is 1.82. The fourth-order valence-electron chi connectivity index (χ4n) is 0.912. The van der Waals surface area contributed by atoms with Crippen LogP contribution < -0.4 is 10.6 Å². The Kier molecular flexibility index (Phi) is 3.19. The second-order valence-electron chi connectivity index (χ2n) is 2.76. The van der Waals surface area contributed by atoms with E-state index >= 15 is 0 Å². The molecule has 0 bridgehead atoms. The quantitative estimate of drug-likeness (QED) is 0.512. The van der Waals surface area contributed by atoms with Crippen molar-refractivity contribution >= 4 is 11.7 Å². The van der Waals surface area contributed by atoms with Crippen LogP contribution in [0.3, 0.4) is 0 Å². The number of rotatable bonds is 4. The molecule has 0 spiro atoms. The highest BCUT2D eigenvalue weighted by Gasteiger charge is 2.00. The lowest BCUT2D eigenvalue weighted by Crippen LogP contribution is -2.24. The molecule has 0 radical (unpaired) electrons.